The summed E-state index contributed by atoms with van der Waals surface area (Å²) in [7, 11) is 1.70. The first-order valence-electron chi connectivity index (χ1n) is 8.80. The van der Waals surface area contributed by atoms with Crippen LogP contribution >= 0.6 is 23.1 Å². The number of Topliss-reactive ketones (excluding diaryl/α,β-unsaturated/α-hetero) is 1. The molecule has 0 bridgehead atoms. The Morgan fingerprint density at radius 2 is 2.07 bits per heavy atom. The number of esters is 1. The molecule has 0 N–H and O–H groups in total. The zero-order chi connectivity index (χ0) is 21.0. The van der Waals surface area contributed by atoms with Gasteiger partial charge in [-0.3, -0.25) is 9.59 Å². The van der Waals surface area contributed by atoms with Crippen molar-refractivity contribution in [2.24, 2.45) is 7.05 Å². The van der Waals surface area contributed by atoms with Gasteiger partial charge in [0.25, 0.3) is 0 Å². The molecule has 3 rings (SSSR count). The predicted octanol–water partition coefficient (Wildman–Crippen LogP) is 3.39. The van der Waals surface area contributed by atoms with Gasteiger partial charge in [-0.15, -0.1) is 21.5 Å². The molecule has 0 saturated carbocycles. The summed E-state index contributed by atoms with van der Waals surface area (Å²) in [5.41, 5.74) is 1.06. The van der Waals surface area contributed by atoms with Gasteiger partial charge in [-0.1, -0.05) is 23.9 Å². The molecular weight excluding hydrogens is 415 g/mol. The van der Waals surface area contributed by atoms with E-state index in [1.807, 2.05) is 0 Å². The fourth-order valence-corrected chi connectivity index (χ4v) is 4.36. The van der Waals surface area contributed by atoms with Crippen LogP contribution in [0.2, 0.25) is 0 Å². The second kappa shape index (κ2) is 9.27. The van der Waals surface area contributed by atoms with Crippen LogP contribution in [0.5, 0.6) is 0 Å². The fourth-order valence-electron chi connectivity index (χ4n) is 2.64. The predicted molar refractivity (Wildman–Crippen MR) is 108 cm³/mol. The summed E-state index contributed by atoms with van der Waals surface area (Å²) in [5.74, 6) is -2.09. The number of ketones is 1. The van der Waals surface area contributed by atoms with Crippen molar-refractivity contribution in [2.45, 2.75) is 24.9 Å². The maximum atomic E-state index is 14.0. The molecule has 1 aromatic carbocycles. The molecule has 10 heteroatoms. The maximum absolute atomic E-state index is 14.0. The minimum atomic E-state index is -1.07. The van der Waals surface area contributed by atoms with Crippen molar-refractivity contribution in [3.8, 4) is 11.4 Å². The standard InChI is InChI=1S/C19H19FN4O3S2/c1-4-27-18(26)15(17-21-11(2)9-28-17)14(25)10-29-19-23-22-16(24(19)3)12-7-5-6-8-13(12)20/h5-9,15H,4,10H2,1-3H3/t15-/m0/s1. The molecule has 7 nitrogen and oxygen atoms in total. The number of aryl methyl sites for hydroxylation is 1. The van der Waals surface area contributed by atoms with Crippen LogP contribution in [0.15, 0.2) is 34.8 Å². The van der Waals surface area contributed by atoms with Crippen molar-refractivity contribution in [2.75, 3.05) is 12.4 Å². The Morgan fingerprint density at radius 3 is 2.72 bits per heavy atom. The van der Waals surface area contributed by atoms with E-state index in [4.69, 9.17) is 4.74 Å². The van der Waals surface area contributed by atoms with Crippen molar-refractivity contribution in [1.82, 2.24) is 19.7 Å². The Balaban J connectivity index is 1.77. The van der Waals surface area contributed by atoms with Crippen molar-refractivity contribution in [1.29, 1.82) is 0 Å². The lowest BCUT2D eigenvalue weighted by Crippen LogP contribution is -2.25. The highest BCUT2D eigenvalue weighted by Crippen LogP contribution is 2.28. The summed E-state index contributed by atoms with van der Waals surface area (Å²) in [4.78, 5) is 29.4. The summed E-state index contributed by atoms with van der Waals surface area (Å²) in [5, 5.41) is 10.7. The van der Waals surface area contributed by atoms with Crippen LogP contribution in [-0.4, -0.2) is 43.9 Å². The van der Waals surface area contributed by atoms with E-state index in [0.717, 1.165) is 17.5 Å². The number of rotatable bonds is 8. The van der Waals surface area contributed by atoms with Gasteiger partial charge in [0, 0.05) is 18.1 Å². The third-order valence-electron chi connectivity index (χ3n) is 4.02. The normalized spacial score (nSPS) is 12.0. The average Bonchev–Trinajstić information content (AvgIpc) is 3.27. The largest absolute Gasteiger partial charge is 0.465 e. The number of nitrogens with zero attached hydrogens (tertiary/aromatic N) is 4. The Labute approximate surface area is 175 Å². The first kappa shape index (κ1) is 21.1. The number of thioether (sulfide) groups is 1. The van der Waals surface area contributed by atoms with E-state index >= 15 is 0 Å². The van der Waals surface area contributed by atoms with Gasteiger partial charge >= 0.3 is 5.97 Å². The minimum absolute atomic E-state index is 0.0225. The van der Waals surface area contributed by atoms with Gasteiger partial charge < -0.3 is 9.30 Å². The van der Waals surface area contributed by atoms with Gasteiger partial charge in [-0.25, -0.2) is 9.37 Å². The van der Waals surface area contributed by atoms with Crippen LogP contribution in [0.1, 0.15) is 23.5 Å². The number of ether oxygens (including phenoxy) is 1. The van der Waals surface area contributed by atoms with E-state index in [1.54, 1.807) is 49.0 Å². The second-order valence-corrected chi connectivity index (χ2v) is 7.94. The number of aromatic nitrogens is 4. The zero-order valence-electron chi connectivity index (χ0n) is 16.1. The fraction of sp³-hybridized carbons (Fsp3) is 0.316. The van der Waals surface area contributed by atoms with Crippen molar-refractivity contribution in [3.63, 3.8) is 0 Å². The highest BCUT2D eigenvalue weighted by molar-refractivity contribution is 7.99. The molecule has 29 heavy (non-hydrogen) atoms. The van der Waals surface area contributed by atoms with Crippen molar-refractivity contribution >= 4 is 34.9 Å². The molecule has 1 atom stereocenters. The van der Waals surface area contributed by atoms with Gasteiger partial charge in [-0.05, 0) is 26.0 Å². The number of carbonyl (C=O) groups is 2. The molecule has 2 heterocycles. The molecule has 2 aromatic heterocycles. The Bertz CT molecular complexity index is 1030. The van der Waals surface area contributed by atoms with Crippen LogP contribution in [0.4, 0.5) is 4.39 Å². The van der Waals surface area contributed by atoms with E-state index < -0.39 is 17.7 Å². The summed E-state index contributed by atoms with van der Waals surface area (Å²) in [6.45, 7) is 3.66. The van der Waals surface area contributed by atoms with Crippen LogP contribution in [0.25, 0.3) is 11.4 Å². The smallest absolute Gasteiger partial charge is 0.323 e. The Kier molecular flexibility index (Phi) is 6.75. The van der Waals surface area contributed by atoms with Crippen LogP contribution in [0.3, 0.4) is 0 Å². The molecule has 0 aliphatic carbocycles. The third kappa shape index (κ3) is 4.70. The topological polar surface area (TPSA) is 87.0 Å². The van der Waals surface area contributed by atoms with Crippen molar-refractivity contribution < 1.29 is 18.7 Å². The summed E-state index contributed by atoms with van der Waals surface area (Å²) in [6.07, 6.45) is 0. The van der Waals surface area contributed by atoms with Gasteiger partial charge in [0.1, 0.15) is 10.8 Å². The second-order valence-electron chi connectivity index (χ2n) is 6.11. The summed E-state index contributed by atoms with van der Waals surface area (Å²) in [6, 6.07) is 6.27. The molecule has 0 fully saturated rings. The first-order valence-corrected chi connectivity index (χ1v) is 10.7. The third-order valence-corrected chi connectivity index (χ3v) is 6.09. The lowest BCUT2D eigenvalue weighted by Gasteiger charge is -2.12. The molecule has 3 aromatic rings. The molecule has 0 radical (unpaired) electrons. The molecule has 152 valence electrons. The summed E-state index contributed by atoms with van der Waals surface area (Å²) < 4.78 is 20.7. The highest BCUT2D eigenvalue weighted by Gasteiger charge is 2.32. The quantitative estimate of drug-likeness (QED) is 0.305. The number of benzene rings is 1. The SMILES string of the molecule is CCOC(=O)[C@@H](C(=O)CSc1nnc(-c2ccccc2F)n1C)c1nc(C)cs1. The number of hydrogen-bond donors (Lipinski definition) is 0. The van der Waals surface area contributed by atoms with Crippen LogP contribution < -0.4 is 0 Å². The highest BCUT2D eigenvalue weighted by atomic mass is 32.2. The van der Waals surface area contributed by atoms with E-state index in [1.165, 1.54) is 17.4 Å². The lowest BCUT2D eigenvalue weighted by atomic mass is 10.1. The first-order chi connectivity index (χ1) is 13.9. The number of hydrogen-bond acceptors (Lipinski definition) is 8. The Hall–Kier alpha value is -2.59. The van der Waals surface area contributed by atoms with E-state index in [2.05, 4.69) is 15.2 Å². The number of thiazole rings is 1. The van der Waals surface area contributed by atoms with E-state index in [9.17, 15) is 14.0 Å². The van der Waals surface area contributed by atoms with E-state index in [-0.39, 0.29) is 18.1 Å². The van der Waals surface area contributed by atoms with Gasteiger partial charge in [0.15, 0.2) is 22.7 Å². The molecule has 0 saturated heterocycles. The molecule has 0 unspecified atom stereocenters. The van der Waals surface area contributed by atoms with Crippen molar-refractivity contribution in [3.05, 3.63) is 46.2 Å². The molecule has 0 spiro atoms. The van der Waals surface area contributed by atoms with Crippen LogP contribution in [-0.2, 0) is 21.4 Å². The Morgan fingerprint density at radius 1 is 1.31 bits per heavy atom. The molecule has 0 aliphatic rings. The molecule has 0 aliphatic heterocycles. The van der Waals surface area contributed by atoms with Gasteiger partial charge in [0.05, 0.1) is 17.9 Å². The molecule has 0 amide bonds. The number of halogens is 1. The monoisotopic (exact) mass is 434 g/mol. The molecular formula is C19H19FN4O3S2. The van der Waals surface area contributed by atoms with Crippen LogP contribution in [0, 0.1) is 12.7 Å². The zero-order valence-corrected chi connectivity index (χ0v) is 17.7. The average molecular weight is 435 g/mol. The summed E-state index contributed by atoms with van der Waals surface area (Å²) >= 11 is 2.38. The lowest BCUT2D eigenvalue weighted by molar-refractivity contribution is -0.147. The maximum Gasteiger partial charge on any atom is 0.323 e. The van der Waals surface area contributed by atoms with Gasteiger partial charge in [-0.2, -0.15) is 0 Å². The minimum Gasteiger partial charge on any atom is -0.465 e. The van der Waals surface area contributed by atoms with Gasteiger partial charge in [0.2, 0.25) is 0 Å². The number of carbonyl (C=O) groups excluding carboxylic acids is 2. The van der Waals surface area contributed by atoms with E-state index in [0.29, 0.717) is 21.6 Å².